The van der Waals surface area contributed by atoms with Crippen LogP contribution in [0.15, 0.2) is 48.5 Å². The van der Waals surface area contributed by atoms with E-state index in [2.05, 4.69) is 10.3 Å². The summed E-state index contributed by atoms with van der Waals surface area (Å²) in [6.07, 6.45) is -0.297. The van der Waals surface area contributed by atoms with Gasteiger partial charge in [0.1, 0.15) is 11.5 Å². The third-order valence-electron chi connectivity index (χ3n) is 5.40. The van der Waals surface area contributed by atoms with Gasteiger partial charge in [0.25, 0.3) is 5.91 Å². The SMILES string of the molecule is CC(OC[C@@H]1c2ccccc2C[C@H]1NC(=O)c1cc2cc(F)ccc2[nH]1)C(=O)O. The highest BCUT2D eigenvalue weighted by Gasteiger charge is 2.34. The molecule has 3 aromatic rings. The maximum Gasteiger partial charge on any atom is 0.332 e. The van der Waals surface area contributed by atoms with E-state index in [4.69, 9.17) is 9.84 Å². The summed E-state index contributed by atoms with van der Waals surface area (Å²) in [7, 11) is 0. The fraction of sp³-hybridized carbons (Fsp3) is 0.273. The van der Waals surface area contributed by atoms with Crippen LogP contribution in [0.5, 0.6) is 0 Å². The molecule has 1 aromatic heterocycles. The summed E-state index contributed by atoms with van der Waals surface area (Å²) in [5.74, 6) is -1.84. The summed E-state index contributed by atoms with van der Waals surface area (Å²) in [5, 5.41) is 12.7. The number of aromatic nitrogens is 1. The van der Waals surface area contributed by atoms with E-state index in [0.29, 0.717) is 23.0 Å². The summed E-state index contributed by atoms with van der Waals surface area (Å²) in [4.78, 5) is 26.9. The second-order valence-electron chi connectivity index (χ2n) is 7.32. The molecule has 1 unspecified atom stereocenters. The molecule has 29 heavy (non-hydrogen) atoms. The minimum absolute atomic E-state index is 0.154. The zero-order chi connectivity index (χ0) is 20.5. The summed E-state index contributed by atoms with van der Waals surface area (Å²) < 4.78 is 18.9. The third kappa shape index (κ3) is 3.86. The molecule has 0 aliphatic heterocycles. The van der Waals surface area contributed by atoms with Gasteiger partial charge in [-0.05, 0) is 48.7 Å². The van der Waals surface area contributed by atoms with E-state index >= 15 is 0 Å². The predicted molar refractivity (Wildman–Crippen MR) is 105 cm³/mol. The van der Waals surface area contributed by atoms with Gasteiger partial charge in [0.15, 0.2) is 6.10 Å². The first-order valence-electron chi connectivity index (χ1n) is 9.43. The van der Waals surface area contributed by atoms with Crippen molar-refractivity contribution < 1.29 is 23.8 Å². The van der Waals surface area contributed by atoms with Crippen LogP contribution in [0.3, 0.4) is 0 Å². The number of ether oxygens (including phenoxy) is 1. The van der Waals surface area contributed by atoms with E-state index in [1.807, 2.05) is 24.3 Å². The van der Waals surface area contributed by atoms with E-state index in [9.17, 15) is 14.0 Å². The number of carboxylic acid groups (broad SMARTS) is 1. The topological polar surface area (TPSA) is 91.4 Å². The first-order valence-corrected chi connectivity index (χ1v) is 9.43. The maximum absolute atomic E-state index is 13.4. The van der Waals surface area contributed by atoms with Gasteiger partial charge in [-0.25, -0.2) is 9.18 Å². The van der Waals surface area contributed by atoms with Crippen molar-refractivity contribution in [3.05, 3.63) is 71.2 Å². The lowest BCUT2D eigenvalue weighted by atomic mass is 9.99. The summed E-state index contributed by atoms with van der Waals surface area (Å²) >= 11 is 0. The summed E-state index contributed by atoms with van der Waals surface area (Å²) in [6.45, 7) is 1.67. The number of aliphatic carboxylic acids is 1. The molecule has 0 saturated heterocycles. The highest BCUT2D eigenvalue weighted by atomic mass is 19.1. The van der Waals surface area contributed by atoms with Gasteiger partial charge in [-0.1, -0.05) is 24.3 Å². The molecule has 4 rings (SSSR count). The average Bonchev–Trinajstić information content (AvgIpc) is 3.26. The molecule has 7 heteroatoms. The molecule has 1 aliphatic carbocycles. The number of hydrogen-bond donors (Lipinski definition) is 3. The molecule has 0 radical (unpaired) electrons. The summed E-state index contributed by atoms with van der Waals surface area (Å²) in [5.41, 5.74) is 3.18. The number of hydrogen-bond acceptors (Lipinski definition) is 3. The first kappa shape index (κ1) is 19.1. The Labute approximate surface area is 166 Å². The molecule has 1 heterocycles. The van der Waals surface area contributed by atoms with Gasteiger partial charge in [-0.2, -0.15) is 0 Å². The van der Waals surface area contributed by atoms with Gasteiger partial charge < -0.3 is 20.1 Å². The second-order valence-corrected chi connectivity index (χ2v) is 7.32. The number of nitrogens with one attached hydrogen (secondary N) is 2. The average molecular weight is 396 g/mol. The second kappa shape index (κ2) is 7.67. The highest BCUT2D eigenvalue weighted by Crippen LogP contribution is 2.34. The maximum atomic E-state index is 13.4. The van der Waals surface area contributed by atoms with Crippen molar-refractivity contribution >= 4 is 22.8 Å². The van der Waals surface area contributed by atoms with Crippen LogP contribution in [0.2, 0.25) is 0 Å². The Balaban J connectivity index is 1.53. The molecule has 150 valence electrons. The number of carbonyl (C=O) groups excluding carboxylic acids is 1. The first-order chi connectivity index (χ1) is 13.9. The molecule has 0 fully saturated rings. The number of carbonyl (C=O) groups is 2. The molecular weight excluding hydrogens is 375 g/mol. The van der Waals surface area contributed by atoms with Gasteiger partial charge in [-0.3, -0.25) is 4.79 Å². The van der Waals surface area contributed by atoms with E-state index in [1.165, 1.54) is 19.1 Å². The van der Waals surface area contributed by atoms with E-state index < -0.39 is 12.1 Å². The minimum atomic E-state index is -1.03. The van der Waals surface area contributed by atoms with Crippen LogP contribution in [0.1, 0.15) is 34.5 Å². The molecule has 3 N–H and O–H groups in total. The lowest BCUT2D eigenvalue weighted by molar-refractivity contribution is -0.149. The van der Waals surface area contributed by atoms with Gasteiger partial charge >= 0.3 is 5.97 Å². The Morgan fingerprint density at radius 3 is 2.86 bits per heavy atom. The van der Waals surface area contributed by atoms with Crippen molar-refractivity contribution in [2.45, 2.75) is 31.4 Å². The Bertz CT molecular complexity index is 1080. The van der Waals surface area contributed by atoms with Crippen LogP contribution in [-0.4, -0.2) is 40.7 Å². The van der Waals surface area contributed by atoms with E-state index in [1.54, 1.807) is 12.1 Å². The minimum Gasteiger partial charge on any atom is -0.479 e. The Hall–Kier alpha value is -3.19. The van der Waals surface area contributed by atoms with Crippen molar-refractivity contribution in [3.63, 3.8) is 0 Å². The van der Waals surface area contributed by atoms with Gasteiger partial charge in [0.05, 0.1) is 6.61 Å². The van der Waals surface area contributed by atoms with Crippen LogP contribution in [0, 0.1) is 5.82 Å². The number of carboxylic acids is 1. The van der Waals surface area contributed by atoms with Crippen LogP contribution >= 0.6 is 0 Å². The molecule has 2 aromatic carbocycles. The van der Waals surface area contributed by atoms with Crippen LogP contribution in [-0.2, 0) is 16.0 Å². The molecule has 3 atom stereocenters. The lowest BCUT2D eigenvalue weighted by Gasteiger charge is -2.22. The van der Waals surface area contributed by atoms with Crippen molar-refractivity contribution in [2.24, 2.45) is 0 Å². The van der Waals surface area contributed by atoms with Crippen molar-refractivity contribution in [2.75, 3.05) is 6.61 Å². The predicted octanol–water partition coefficient (Wildman–Crippen LogP) is 3.24. The van der Waals surface area contributed by atoms with Crippen molar-refractivity contribution in [1.29, 1.82) is 0 Å². The zero-order valence-electron chi connectivity index (χ0n) is 15.8. The van der Waals surface area contributed by atoms with E-state index in [0.717, 1.165) is 11.1 Å². The fourth-order valence-corrected chi connectivity index (χ4v) is 3.83. The Morgan fingerprint density at radius 2 is 2.07 bits per heavy atom. The summed E-state index contributed by atoms with van der Waals surface area (Å²) in [6, 6.07) is 13.5. The normalized spacial score (nSPS) is 19.1. The van der Waals surface area contributed by atoms with Gasteiger partial charge in [0, 0.05) is 22.9 Å². The molecule has 0 bridgehead atoms. The largest absolute Gasteiger partial charge is 0.479 e. The standard InChI is InChI=1S/C22H21FN2O4/c1-12(22(27)28)29-11-17-16-5-3-2-4-13(16)9-19(17)25-21(26)20-10-14-8-15(23)6-7-18(14)24-20/h2-8,10,12,17,19,24H,9,11H2,1H3,(H,25,26)(H,27,28)/t12?,17-,19-/m1/s1. The van der Waals surface area contributed by atoms with Crippen molar-refractivity contribution in [3.8, 4) is 0 Å². The molecular formula is C22H21FN2O4. The van der Waals surface area contributed by atoms with Crippen LogP contribution < -0.4 is 5.32 Å². The smallest absolute Gasteiger partial charge is 0.332 e. The quantitative estimate of drug-likeness (QED) is 0.597. The van der Waals surface area contributed by atoms with Gasteiger partial charge in [0.2, 0.25) is 0 Å². The molecule has 0 saturated carbocycles. The number of benzene rings is 2. The molecule has 1 aliphatic rings. The monoisotopic (exact) mass is 396 g/mol. The highest BCUT2D eigenvalue weighted by molar-refractivity contribution is 5.98. The van der Waals surface area contributed by atoms with E-state index in [-0.39, 0.29) is 30.3 Å². The van der Waals surface area contributed by atoms with Crippen LogP contribution in [0.4, 0.5) is 4.39 Å². The zero-order valence-corrected chi connectivity index (χ0v) is 15.8. The Morgan fingerprint density at radius 1 is 1.28 bits per heavy atom. The number of halogens is 1. The third-order valence-corrected chi connectivity index (χ3v) is 5.40. The Kier molecular flexibility index (Phi) is 5.07. The number of rotatable bonds is 6. The molecule has 6 nitrogen and oxygen atoms in total. The molecule has 1 amide bonds. The number of amides is 1. The molecule has 0 spiro atoms. The van der Waals surface area contributed by atoms with Crippen LogP contribution in [0.25, 0.3) is 10.9 Å². The lowest BCUT2D eigenvalue weighted by Crippen LogP contribution is -2.40. The number of H-pyrrole nitrogens is 1. The van der Waals surface area contributed by atoms with Gasteiger partial charge in [-0.15, -0.1) is 0 Å². The van der Waals surface area contributed by atoms with Crippen molar-refractivity contribution in [1.82, 2.24) is 10.3 Å². The number of fused-ring (bicyclic) bond motifs is 2. The fourth-order valence-electron chi connectivity index (χ4n) is 3.83. The number of aromatic amines is 1.